The quantitative estimate of drug-likeness (QED) is 0.268. The van der Waals surface area contributed by atoms with Gasteiger partial charge in [-0.3, -0.25) is 9.47 Å². The molecule has 9 nitrogen and oxygen atoms in total. The molecule has 1 aliphatic carbocycles. The molecule has 2 fully saturated rings. The zero-order chi connectivity index (χ0) is 27.9. The number of carboxylic acid groups (broad SMARTS) is 1. The summed E-state index contributed by atoms with van der Waals surface area (Å²) in [4.78, 5) is 28.0. The van der Waals surface area contributed by atoms with Crippen molar-refractivity contribution in [2.45, 2.75) is 25.4 Å². The van der Waals surface area contributed by atoms with Crippen molar-refractivity contribution in [2.75, 3.05) is 18.8 Å². The Hall–Kier alpha value is -4.76. The van der Waals surface area contributed by atoms with Crippen LogP contribution in [0.2, 0.25) is 0 Å². The lowest BCUT2D eigenvalue weighted by Crippen LogP contribution is -2.51. The van der Waals surface area contributed by atoms with E-state index in [-0.39, 0.29) is 6.04 Å². The first kappa shape index (κ1) is 25.2. The molecular weight excluding hydrogens is 514 g/mol. The van der Waals surface area contributed by atoms with E-state index >= 15 is 0 Å². The molecule has 2 aliphatic rings. The molecule has 41 heavy (non-hydrogen) atoms. The lowest BCUT2D eigenvalue weighted by Gasteiger charge is -2.37. The highest BCUT2D eigenvalue weighted by Crippen LogP contribution is 2.38. The average molecular weight is 546 g/mol. The zero-order valence-corrected chi connectivity index (χ0v) is 22.5. The van der Waals surface area contributed by atoms with Gasteiger partial charge in [0.1, 0.15) is 11.3 Å². The van der Waals surface area contributed by atoms with Gasteiger partial charge in [-0.05, 0) is 66.6 Å². The first-order valence-corrected chi connectivity index (χ1v) is 14.0. The number of piperidine rings is 1. The largest absolute Gasteiger partial charge is 0.465 e. The maximum absolute atomic E-state index is 11.2. The molecule has 2 unspecified atom stereocenters. The summed E-state index contributed by atoms with van der Waals surface area (Å²) >= 11 is 0. The zero-order valence-electron chi connectivity index (χ0n) is 22.5. The summed E-state index contributed by atoms with van der Waals surface area (Å²) in [5.41, 5.74) is 12.7. The predicted molar refractivity (Wildman–Crippen MR) is 158 cm³/mol. The van der Waals surface area contributed by atoms with Crippen LogP contribution >= 0.6 is 0 Å². The Labute approximate surface area is 237 Å². The smallest absolute Gasteiger partial charge is 0.404 e. The Morgan fingerprint density at radius 1 is 0.927 bits per heavy atom. The van der Waals surface area contributed by atoms with Crippen molar-refractivity contribution >= 4 is 23.1 Å². The van der Waals surface area contributed by atoms with E-state index in [0.29, 0.717) is 23.5 Å². The molecule has 0 spiro atoms. The molecule has 1 saturated heterocycles. The summed E-state index contributed by atoms with van der Waals surface area (Å²) in [6, 6.07) is 26.5. The van der Waals surface area contributed by atoms with Crippen LogP contribution in [0, 0.1) is 11.8 Å². The van der Waals surface area contributed by atoms with Crippen LogP contribution in [0.25, 0.3) is 39.5 Å². The van der Waals surface area contributed by atoms with Gasteiger partial charge in [0.05, 0.1) is 11.3 Å². The van der Waals surface area contributed by atoms with Gasteiger partial charge in [-0.15, -0.1) is 0 Å². The number of fused-ring (bicyclic) bond motifs is 3. The van der Waals surface area contributed by atoms with E-state index in [1.54, 1.807) is 6.20 Å². The van der Waals surface area contributed by atoms with Gasteiger partial charge in [-0.25, -0.2) is 19.7 Å². The van der Waals surface area contributed by atoms with Gasteiger partial charge in [0.15, 0.2) is 11.5 Å². The molecule has 4 heterocycles. The van der Waals surface area contributed by atoms with Crippen LogP contribution in [0.3, 0.4) is 0 Å². The van der Waals surface area contributed by atoms with Crippen molar-refractivity contribution in [3.63, 3.8) is 0 Å². The Morgan fingerprint density at radius 2 is 1.68 bits per heavy atom. The molecule has 0 radical (unpaired) electrons. The fourth-order valence-electron chi connectivity index (χ4n) is 6.59. The summed E-state index contributed by atoms with van der Waals surface area (Å²) in [6.45, 7) is 2.65. The van der Waals surface area contributed by atoms with Crippen molar-refractivity contribution in [1.29, 1.82) is 0 Å². The van der Waals surface area contributed by atoms with Gasteiger partial charge in [-0.1, -0.05) is 42.5 Å². The first-order chi connectivity index (χ1) is 20.0. The van der Waals surface area contributed by atoms with Crippen LogP contribution in [0.15, 0.2) is 85.1 Å². The molecule has 4 N–H and O–H groups in total. The van der Waals surface area contributed by atoms with Gasteiger partial charge in [-0.2, -0.15) is 0 Å². The molecule has 2 aromatic carbocycles. The third-order valence-corrected chi connectivity index (χ3v) is 8.45. The van der Waals surface area contributed by atoms with Gasteiger partial charge in [0.2, 0.25) is 0 Å². The highest BCUT2D eigenvalue weighted by atomic mass is 16.4. The van der Waals surface area contributed by atoms with Crippen LogP contribution in [0.1, 0.15) is 18.4 Å². The van der Waals surface area contributed by atoms with Crippen LogP contribution in [0.5, 0.6) is 0 Å². The Balaban J connectivity index is 1.22. The number of hydrogen-bond donors (Lipinski definition) is 3. The molecule has 9 heteroatoms. The molecule has 1 saturated carbocycles. The number of likely N-dealkylation sites (tertiary alicyclic amines) is 1. The Kier molecular flexibility index (Phi) is 6.36. The molecule has 1 amide bonds. The fraction of sp³-hybridized carbons (Fsp3) is 0.250. The minimum Gasteiger partial charge on any atom is -0.465 e. The van der Waals surface area contributed by atoms with Gasteiger partial charge in [0.25, 0.3) is 0 Å². The van der Waals surface area contributed by atoms with Crippen molar-refractivity contribution in [2.24, 2.45) is 11.8 Å². The molecule has 5 aromatic rings. The number of hydrogen-bond acceptors (Lipinski definition) is 6. The molecule has 2 atom stereocenters. The van der Waals surface area contributed by atoms with Crippen LogP contribution in [0.4, 0.5) is 10.6 Å². The predicted octanol–water partition coefficient (Wildman–Crippen LogP) is 5.21. The summed E-state index contributed by atoms with van der Waals surface area (Å²) in [7, 11) is 0. The highest BCUT2D eigenvalue weighted by Gasteiger charge is 2.42. The molecule has 2 bridgehead atoms. The third kappa shape index (κ3) is 4.78. The molecular formula is C32H31N7O2. The lowest BCUT2D eigenvalue weighted by atomic mass is 9.92. The number of benzene rings is 2. The fourth-order valence-corrected chi connectivity index (χ4v) is 6.59. The number of imidazole rings is 1. The van der Waals surface area contributed by atoms with Crippen LogP contribution in [-0.4, -0.2) is 54.8 Å². The maximum atomic E-state index is 11.2. The second-order valence-electron chi connectivity index (χ2n) is 11.0. The molecule has 206 valence electrons. The van der Waals surface area contributed by atoms with Gasteiger partial charge < -0.3 is 16.2 Å². The topological polar surface area (TPSA) is 122 Å². The third-order valence-electron chi connectivity index (χ3n) is 8.45. The number of nitrogen functional groups attached to an aromatic ring is 1. The second kappa shape index (κ2) is 10.3. The van der Waals surface area contributed by atoms with E-state index < -0.39 is 6.09 Å². The van der Waals surface area contributed by atoms with E-state index in [1.165, 1.54) is 5.56 Å². The van der Waals surface area contributed by atoms with E-state index in [2.05, 4.69) is 56.2 Å². The van der Waals surface area contributed by atoms with Crippen molar-refractivity contribution in [3.05, 3.63) is 90.6 Å². The molecule has 1 aliphatic heterocycles. The van der Waals surface area contributed by atoms with E-state index in [1.807, 2.05) is 42.5 Å². The summed E-state index contributed by atoms with van der Waals surface area (Å²) in [5, 5.41) is 12.0. The minimum atomic E-state index is -0.916. The number of nitrogens with two attached hydrogens (primary N) is 1. The summed E-state index contributed by atoms with van der Waals surface area (Å²) in [6.07, 6.45) is 2.92. The maximum Gasteiger partial charge on any atom is 0.404 e. The number of aromatic nitrogens is 4. The number of amides is 1. The van der Waals surface area contributed by atoms with Gasteiger partial charge >= 0.3 is 6.09 Å². The normalized spacial score (nSPS) is 20.3. The second-order valence-corrected chi connectivity index (χ2v) is 11.0. The molecule has 7 rings (SSSR count). The minimum absolute atomic E-state index is 0.0762. The van der Waals surface area contributed by atoms with E-state index in [9.17, 15) is 9.90 Å². The number of carbonyl (C=O) groups is 1. The standard InChI is InChI=1S/C32H31N7O2/c33-29-25(7-4-16-34-29)30-36-27-15-14-26(21-5-2-1-3-6-21)35-31(27)39(30)24-12-8-20(9-13-24)17-38-18-22-10-11-23(19-38)28(22)37-32(40)41/h1-9,12-16,22-23,28,37H,10-11,17-19H2,(H2,33,34)(H,40,41). The van der Waals surface area contributed by atoms with Crippen LogP contribution in [-0.2, 0) is 6.54 Å². The Morgan fingerprint density at radius 3 is 2.39 bits per heavy atom. The SMILES string of the molecule is Nc1ncccc1-c1nc2ccc(-c3ccccc3)nc2n1-c1ccc(CN2CC3CCC(C2)C3NC(=O)O)cc1. The number of rotatable bonds is 6. The number of anilines is 1. The van der Waals surface area contributed by atoms with Crippen molar-refractivity contribution in [1.82, 2.24) is 29.7 Å². The first-order valence-electron chi connectivity index (χ1n) is 14.0. The number of nitrogens with zero attached hydrogens (tertiary/aromatic N) is 5. The Bertz CT molecular complexity index is 1700. The van der Waals surface area contributed by atoms with E-state index in [4.69, 9.17) is 15.7 Å². The van der Waals surface area contributed by atoms with Crippen molar-refractivity contribution < 1.29 is 9.90 Å². The monoisotopic (exact) mass is 545 g/mol. The summed E-state index contributed by atoms with van der Waals surface area (Å²) in [5.74, 6) is 1.86. The van der Waals surface area contributed by atoms with E-state index in [0.717, 1.165) is 66.1 Å². The highest BCUT2D eigenvalue weighted by molar-refractivity contribution is 5.84. The lowest BCUT2D eigenvalue weighted by molar-refractivity contribution is 0.116. The number of nitrogens with one attached hydrogen (secondary N) is 1. The summed E-state index contributed by atoms with van der Waals surface area (Å²) < 4.78 is 2.06. The van der Waals surface area contributed by atoms with Crippen LogP contribution < -0.4 is 11.1 Å². The van der Waals surface area contributed by atoms with Crippen molar-refractivity contribution in [3.8, 4) is 28.3 Å². The van der Waals surface area contributed by atoms with Gasteiger partial charge in [0, 0.05) is 43.1 Å². The molecule has 3 aromatic heterocycles. The number of pyridine rings is 2. The average Bonchev–Trinajstić information content (AvgIpc) is 3.46.